The maximum Gasteiger partial charge on any atom is 0.239 e. The Kier molecular flexibility index (Phi) is 10.6. The molecule has 6 nitrogen and oxygen atoms in total. The molecule has 0 saturated carbocycles. The average molecular weight is 497 g/mol. The Labute approximate surface area is 180 Å². The van der Waals surface area contributed by atoms with Gasteiger partial charge in [-0.2, -0.15) is 11.8 Å². The first-order chi connectivity index (χ1) is 11.9. The highest BCUT2D eigenvalue weighted by Gasteiger charge is 2.31. The van der Waals surface area contributed by atoms with Crippen LogP contribution in [0.3, 0.4) is 0 Å². The maximum absolute atomic E-state index is 12.2. The van der Waals surface area contributed by atoms with Gasteiger partial charge in [0.15, 0.2) is 5.96 Å². The van der Waals surface area contributed by atoms with Crippen LogP contribution in [0.5, 0.6) is 0 Å². The number of likely N-dealkylation sites (N-methyl/N-ethyl adjacent to an activating group) is 1. The summed E-state index contributed by atoms with van der Waals surface area (Å²) in [4.78, 5) is 20.6. The zero-order chi connectivity index (χ0) is 18.3. The molecule has 26 heavy (non-hydrogen) atoms. The van der Waals surface area contributed by atoms with Gasteiger partial charge in [0.2, 0.25) is 5.91 Å². The third-order valence-corrected chi connectivity index (χ3v) is 6.70. The van der Waals surface area contributed by atoms with E-state index in [-0.39, 0.29) is 35.9 Å². The molecule has 8 heteroatoms. The lowest BCUT2D eigenvalue weighted by molar-refractivity contribution is -0.133. The zero-order valence-electron chi connectivity index (χ0n) is 16.7. The fourth-order valence-electron chi connectivity index (χ4n) is 3.63. The van der Waals surface area contributed by atoms with Gasteiger partial charge in [0.25, 0.3) is 0 Å². The monoisotopic (exact) mass is 497 g/mol. The van der Waals surface area contributed by atoms with E-state index in [1.165, 1.54) is 18.6 Å². The van der Waals surface area contributed by atoms with Crippen molar-refractivity contribution in [3.63, 3.8) is 0 Å². The van der Waals surface area contributed by atoms with E-state index < -0.39 is 0 Å². The van der Waals surface area contributed by atoms with Crippen molar-refractivity contribution in [3.8, 4) is 0 Å². The number of carbonyl (C=O) groups is 1. The third-order valence-electron chi connectivity index (χ3n) is 5.16. The molecule has 2 fully saturated rings. The van der Waals surface area contributed by atoms with E-state index in [0.29, 0.717) is 4.75 Å². The van der Waals surface area contributed by atoms with Crippen molar-refractivity contribution in [1.82, 2.24) is 20.4 Å². The Balaban J connectivity index is 0.00000338. The Bertz CT molecular complexity index is 468. The summed E-state index contributed by atoms with van der Waals surface area (Å²) in [6, 6.07) is 0.0757. The second kappa shape index (κ2) is 11.6. The molecular weight excluding hydrogens is 461 g/mol. The van der Waals surface area contributed by atoms with Crippen molar-refractivity contribution in [2.45, 2.75) is 49.8 Å². The lowest BCUT2D eigenvalue weighted by atomic mass is 10.1. The highest BCUT2D eigenvalue weighted by molar-refractivity contribution is 14.0. The van der Waals surface area contributed by atoms with Gasteiger partial charge in [0, 0.05) is 45.5 Å². The van der Waals surface area contributed by atoms with Gasteiger partial charge in [-0.25, -0.2) is 0 Å². The topological polar surface area (TPSA) is 60.0 Å². The number of amides is 1. The highest BCUT2D eigenvalue weighted by Crippen LogP contribution is 2.36. The minimum atomic E-state index is 0. The molecule has 0 aliphatic carbocycles. The molecule has 0 aromatic carbocycles. The SMILES string of the molecule is CN=C(NCCCN1CCCC1C(=O)N(C)C)NCC1(C)CCCS1.I. The maximum atomic E-state index is 12.2. The summed E-state index contributed by atoms with van der Waals surface area (Å²) in [6.07, 6.45) is 5.72. The van der Waals surface area contributed by atoms with Crippen LogP contribution in [0.25, 0.3) is 0 Å². The van der Waals surface area contributed by atoms with Crippen LogP contribution in [0.1, 0.15) is 39.0 Å². The number of nitrogens with zero attached hydrogens (tertiary/aromatic N) is 3. The fraction of sp³-hybridized carbons (Fsp3) is 0.889. The number of nitrogens with one attached hydrogen (secondary N) is 2. The first kappa shape index (κ1) is 23.8. The molecule has 2 rings (SSSR count). The molecule has 2 saturated heterocycles. The van der Waals surface area contributed by atoms with E-state index >= 15 is 0 Å². The van der Waals surface area contributed by atoms with Gasteiger partial charge in [0.1, 0.15) is 0 Å². The summed E-state index contributed by atoms with van der Waals surface area (Å²) >= 11 is 2.06. The quantitative estimate of drug-likeness (QED) is 0.244. The summed E-state index contributed by atoms with van der Waals surface area (Å²) in [5, 5.41) is 6.87. The summed E-state index contributed by atoms with van der Waals surface area (Å²) in [5.74, 6) is 2.40. The first-order valence-corrected chi connectivity index (χ1v) is 10.5. The molecular formula is C18H36IN5OS. The minimum absolute atomic E-state index is 0. The van der Waals surface area contributed by atoms with Crippen LogP contribution in [0.4, 0.5) is 0 Å². The molecule has 0 aromatic rings. The predicted octanol–water partition coefficient (Wildman–Crippen LogP) is 2.00. The van der Waals surface area contributed by atoms with Crippen LogP contribution < -0.4 is 10.6 Å². The molecule has 0 aromatic heterocycles. The van der Waals surface area contributed by atoms with Crippen LogP contribution in [-0.4, -0.2) is 85.5 Å². The molecule has 2 heterocycles. The molecule has 2 atom stereocenters. The van der Waals surface area contributed by atoms with Crippen LogP contribution in [-0.2, 0) is 4.79 Å². The summed E-state index contributed by atoms with van der Waals surface area (Å²) in [5.41, 5.74) is 0. The van der Waals surface area contributed by atoms with Gasteiger partial charge in [0.05, 0.1) is 6.04 Å². The largest absolute Gasteiger partial charge is 0.356 e. The standard InChI is InChI=1S/C18H35N5OS.HI/c1-18(9-6-13-25-18)14-21-17(19-2)20-10-7-12-23-11-5-8-15(23)16(24)22(3)4;/h15H,5-14H2,1-4H3,(H2,19,20,21);1H. The van der Waals surface area contributed by atoms with Crippen molar-refractivity contribution in [1.29, 1.82) is 0 Å². The number of hydrogen-bond acceptors (Lipinski definition) is 4. The Morgan fingerprint density at radius 1 is 1.35 bits per heavy atom. The van der Waals surface area contributed by atoms with Crippen molar-refractivity contribution in [2.24, 2.45) is 4.99 Å². The molecule has 2 aliphatic rings. The molecule has 0 spiro atoms. The molecule has 0 bridgehead atoms. The van der Waals surface area contributed by atoms with Crippen molar-refractivity contribution in [3.05, 3.63) is 0 Å². The highest BCUT2D eigenvalue weighted by atomic mass is 127. The van der Waals surface area contributed by atoms with Crippen molar-refractivity contribution in [2.75, 3.05) is 53.1 Å². The lowest BCUT2D eigenvalue weighted by Crippen LogP contribution is -2.45. The van der Waals surface area contributed by atoms with Crippen LogP contribution >= 0.6 is 35.7 Å². The molecule has 152 valence electrons. The summed E-state index contributed by atoms with van der Waals surface area (Å²) in [6.45, 7) is 6.17. The number of aliphatic imine (C=N–C) groups is 1. The predicted molar refractivity (Wildman–Crippen MR) is 123 cm³/mol. The van der Waals surface area contributed by atoms with E-state index in [0.717, 1.165) is 51.4 Å². The van der Waals surface area contributed by atoms with E-state index in [9.17, 15) is 4.79 Å². The van der Waals surface area contributed by atoms with Gasteiger partial charge in [-0.3, -0.25) is 14.7 Å². The number of likely N-dealkylation sites (tertiary alicyclic amines) is 1. The molecule has 0 radical (unpaired) electrons. The van der Waals surface area contributed by atoms with Gasteiger partial charge in [-0.1, -0.05) is 0 Å². The summed E-state index contributed by atoms with van der Waals surface area (Å²) < 4.78 is 0.340. The van der Waals surface area contributed by atoms with E-state index in [1.807, 2.05) is 21.1 Å². The van der Waals surface area contributed by atoms with Crippen molar-refractivity contribution < 1.29 is 4.79 Å². The van der Waals surface area contributed by atoms with Crippen molar-refractivity contribution >= 4 is 47.6 Å². The second-order valence-corrected chi connectivity index (χ2v) is 9.22. The Morgan fingerprint density at radius 2 is 2.12 bits per heavy atom. The van der Waals surface area contributed by atoms with Gasteiger partial charge < -0.3 is 15.5 Å². The van der Waals surface area contributed by atoms with E-state index in [1.54, 1.807) is 4.90 Å². The summed E-state index contributed by atoms with van der Waals surface area (Å²) in [7, 11) is 5.52. The normalized spacial score (nSPS) is 26.5. The van der Waals surface area contributed by atoms with Gasteiger partial charge in [-0.15, -0.1) is 24.0 Å². The van der Waals surface area contributed by atoms with Crippen LogP contribution in [0.2, 0.25) is 0 Å². The number of thioether (sulfide) groups is 1. The molecule has 2 aliphatic heterocycles. The number of guanidine groups is 1. The van der Waals surface area contributed by atoms with Gasteiger partial charge in [-0.05, 0) is 51.3 Å². The first-order valence-electron chi connectivity index (χ1n) is 9.49. The minimum Gasteiger partial charge on any atom is -0.356 e. The van der Waals surface area contributed by atoms with E-state index in [2.05, 4.69) is 39.2 Å². The molecule has 2 unspecified atom stereocenters. The van der Waals surface area contributed by atoms with Gasteiger partial charge >= 0.3 is 0 Å². The number of halogens is 1. The smallest absolute Gasteiger partial charge is 0.239 e. The number of carbonyl (C=O) groups excluding carboxylic acids is 1. The molecule has 2 N–H and O–H groups in total. The average Bonchev–Trinajstić information content (AvgIpc) is 3.23. The lowest BCUT2D eigenvalue weighted by Gasteiger charge is -2.26. The number of hydrogen-bond donors (Lipinski definition) is 2. The van der Waals surface area contributed by atoms with Crippen LogP contribution in [0.15, 0.2) is 4.99 Å². The van der Waals surface area contributed by atoms with E-state index in [4.69, 9.17) is 0 Å². The Hall–Kier alpha value is -0.220. The van der Waals surface area contributed by atoms with Crippen LogP contribution in [0, 0.1) is 0 Å². The number of rotatable bonds is 7. The molecule has 1 amide bonds. The Morgan fingerprint density at radius 3 is 2.73 bits per heavy atom. The zero-order valence-corrected chi connectivity index (χ0v) is 19.9. The third kappa shape index (κ3) is 7.07. The second-order valence-electron chi connectivity index (χ2n) is 7.53. The fourth-order valence-corrected chi connectivity index (χ4v) is 4.87.